The Morgan fingerprint density at radius 3 is 2.53 bits per heavy atom. The molecular formula is C15H16ClNO2. The van der Waals surface area contributed by atoms with Gasteiger partial charge in [-0.3, -0.25) is 4.79 Å². The summed E-state index contributed by atoms with van der Waals surface area (Å²) in [5.41, 5.74) is 2.44. The van der Waals surface area contributed by atoms with Crippen LogP contribution in [0, 0.1) is 6.92 Å². The number of aromatic nitrogens is 1. The van der Waals surface area contributed by atoms with Gasteiger partial charge in [0.1, 0.15) is 5.75 Å². The molecule has 1 aromatic carbocycles. The van der Waals surface area contributed by atoms with Crippen LogP contribution in [0.3, 0.4) is 0 Å². The van der Waals surface area contributed by atoms with Crippen molar-refractivity contribution in [3.63, 3.8) is 0 Å². The standard InChI is InChI=1S/C15H16ClNO2/c1-3-19-14-6-4-13(5-7-14)17-10-12(9-16)15(18)8-11(17)2/h4-8,10H,3,9H2,1-2H3. The first-order chi connectivity index (χ1) is 9.15. The van der Waals surface area contributed by atoms with Crippen LogP contribution in [0.5, 0.6) is 5.75 Å². The van der Waals surface area contributed by atoms with E-state index in [1.807, 2.05) is 42.7 Å². The second-order valence-electron chi connectivity index (χ2n) is 4.23. The van der Waals surface area contributed by atoms with Crippen molar-refractivity contribution in [3.8, 4) is 11.4 Å². The van der Waals surface area contributed by atoms with Gasteiger partial charge in [-0.25, -0.2) is 0 Å². The Kier molecular flexibility index (Phi) is 4.27. The zero-order valence-electron chi connectivity index (χ0n) is 11.0. The molecule has 0 amide bonds. The molecule has 19 heavy (non-hydrogen) atoms. The molecule has 100 valence electrons. The van der Waals surface area contributed by atoms with Crippen molar-refractivity contribution in [2.45, 2.75) is 19.7 Å². The van der Waals surface area contributed by atoms with Gasteiger partial charge in [-0.15, -0.1) is 11.6 Å². The van der Waals surface area contributed by atoms with E-state index in [9.17, 15) is 4.79 Å². The molecule has 0 saturated heterocycles. The number of hydrogen-bond acceptors (Lipinski definition) is 2. The normalized spacial score (nSPS) is 10.5. The largest absolute Gasteiger partial charge is 0.494 e. The summed E-state index contributed by atoms with van der Waals surface area (Å²) in [6.07, 6.45) is 1.79. The van der Waals surface area contributed by atoms with Gasteiger partial charge in [-0.05, 0) is 38.1 Å². The Bertz CT molecular complexity index is 617. The number of nitrogens with zero attached hydrogens (tertiary/aromatic N) is 1. The summed E-state index contributed by atoms with van der Waals surface area (Å²) >= 11 is 5.78. The van der Waals surface area contributed by atoms with E-state index in [0.29, 0.717) is 12.2 Å². The highest BCUT2D eigenvalue weighted by Crippen LogP contribution is 2.17. The number of hydrogen-bond donors (Lipinski definition) is 0. The van der Waals surface area contributed by atoms with Crippen LogP contribution >= 0.6 is 11.6 Å². The van der Waals surface area contributed by atoms with Gasteiger partial charge in [0.2, 0.25) is 0 Å². The Labute approximate surface area is 117 Å². The summed E-state index contributed by atoms with van der Waals surface area (Å²) in [4.78, 5) is 11.7. The monoisotopic (exact) mass is 277 g/mol. The molecule has 0 aliphatic rings. The van der Waals surface area contributed by atoms with Crippen LogP contribution in [-0.2, 0) is 5.88 Å². The second-order valence-corrected chi connectivity index (χ2v) is 4.50. The van der Waals surface area contributed by atoms with Crippen molar-refractivity contribution in [1.29, 1.82) is 0 Å². The van der Waals surface area contributed by atoms with Crippen molar-refractivity contribution >= 4 is 11.6 Å². The molecule has 0 aliphatic heterocycles. The van der Waals surface area contributed by atoms with Crippen molar-refractivity contribution in [1.82, 2.24) is 4.57 Å². The third-order valence-corrected chi connectivity index (χ3v) is 3.18. The molecule has 0 saturated carbocycles. The molecule has 2 aromatic rings. The number of ether oxygens (including phenoxy) is 1. The first kappa shape index (κ1) is 13.7. The van der Waals surface area contributed by atoms with E-state index in [4.69, 9.17) is 16.3 Å². The number of pyridine rings is 1. The van der Waals surface area contributed by atoms with E-state index in [1.165, 1.54) is 0 Å². The van der Waals surface area contributed by atoms with E-state index < -0.39 is 0 Å². The maximum atomic E-state index is 11.7. The van der Waals surface area contributed by atoms with Gasteiger partial charge in [0, 0.05) is 29.2 Å². The molecule has 1 aromatic heterocycles. The maximum absolute atomic E-state index is 11.7. The quantitative estimate of drug-likeness (QED) is 0.803. The highest BCUT2D eigenvalue weighted by Gasteiger charge is 2.05. The third-order valence-electron chi connectivity index (χ3n) is 2.89. The molecule has 0 bridgehead atoms. The van der Waals surface area contributed by atoms with Crippen LogP contribution in [-0.4, -0.2) is 11.2 Å². The summed E-state index contributed by atoms with van der Waals surface area (Å²) in [5.74, 6) is 1.05. The highest BCUT2D eigenvalue weighted by atomic mass is 35.5. The van der Waals surface area contributed by atoms with Crippen molar-refractivity contribution < 1.29 is 4.74 Å². The number of benzene rings is 1. The van der Waals surface area contributed by atoms with Gasteiger partial charge in [0.25, 0.3) is 0 Å². The lowest BCUT2D eigenvalue weighted by molar-refractivity contribution is 0.340. The second kappa shape index (κ2) is 5.93. The summed E-state index contributed by atoms with van der Waals surface area (Å²) in [6.45, 7) is 4.50. The molecule has 0 radical (unpaired) electrons. The molecule has 3 nitrogen and oxygen atoms in total. The zero-order valence-corrected chi connectivity index (χ0v) is 11.8. The fraction of sp³-hybridized carbons (Fsp3) is 0.267. The van der Waals surface area contributed by atoms with E-state index >= 15 is 0 Å². The van der Waals surface area contributed by atoms with Gasteiger partial charge >= 0.3 is 0 Å². The Balaban J connectivity index is 2.43. The minimum Gasteiger partial charge on any atom is -0.494 e. The topological polar surface area (TPSA) is 31.2 Å². The number of aryl methyl sites for hydroxylation is 1. The minimum atomic E-state index is -0.0188. The van der Waals surface area contributed by atoms with Gasteiger partial charge < -0.3 is 9.30 Å². The molecule has 0 spiro atoms. The predicted molar refractivity (Wildman–Crippen MR) is 77.5 cm³/mol. The lowest BCUT2D eigenvalue weighted by Crippen LogP contribution is -2.12. The summed E-state index contributed by atoms with van der Waals surface area (Å²) in [7, 11) is 0. The Hall–Kier alpha value is -1.74. The Morgan fingerprint density at radius 1 is 1.26 bits per heavy atom. The Morgan fingerprint density at radius 2 is 1.95 bits per heavy atom. The minimum absolute atomic E-state index is 0.0188. The van der Waals surface area contributed by atoms with Crippen LogP contribution in [0.15, 0.2) is 41.3 Å². The fourth-order valence-electron chi connectivity index (χ4n) is 1.92. The maximum Gasteiger partial charge on any atom is 0.186 e. The predicted octanol–water partition coefficient (Wildman–Crippen LogP) is 3.28. The average molecular weight is 278 g/mol. The van der Waals surface area contributed by atoms with Crippen LogP contribution in [0.2, 0.25) is 0 Å². The summed E-state index contributed by atoms with van der Waals surface area (Å²) in [6, 6.07) is 9.35. The lowest BCUT2D eigenvalue weighted by Gasteiger charge is -2.12. The van der Waals surface area contributed by atoms with E-state index in [-0.39, 0.29) is 11.3 Å². The van der Waals surface area contributed by atoms with Gasteiger partial charge in [-0.2, -0.15) is 0 Å². The SMILES string of the molecule is CCOc1ccc(-n2cc(CCl)c(=O)cc2C)cc1. The summed E-state index contributed by atoms with van der Waals surface area (Å²) in [5, 5.41) is 0. The van der Waals surface area contributed by atoms with Gasteiger partial charge in [0.15, 0.2) is 5.43 Å². The number of alkyl halides is 1. The molecule has 2 rings (SSSR count). The van der Waals surface area contributed by atoms with Crippen molar-refractivity contribution in [2.24, 2.45) is 0 Å². The van der Waals surface area contributed by atoms with Crippen LogP contribution in [0.1, 0.15) is 18.2 Å². The molecule has 0 atom stereocenters. The molecule has 4 heteroatoms. The van der Waals surface area contributed by atoms with Crippen LogP contribution < -0.4 is 10.2 Å². The average Bonchev–Trinajstić information content (AvgIpc) is 2.41. The van der Waals surface area contributed by atoms with E-state index in [0.717, 1.165) is 17.1 Å². The first-order valence-corrected chi connectivity index (χ1v) is 6.70. The zero-order chi connectivity index (χ0) is 13.8. The van der Waals surface area contributed by atoms with Crippen molar-refractivity contribution in [3.05, 3.63) is 58.0 Å². The van der Waals surface area contributed by atoms with Crippen molar-refractivity contribution in [2.75, 3.05) is 6.61 Å². The molecule has 1 heterocycles. The smallest absolute Gasteiger partial charge is 0.186 e. The number of halogens is 1. The van der Waals surface area contributed by atoms with E-state index in [2.05, 4.69) is 0 Å². The molecule has 0 aliphatic carbocycles. The highest BCUT2D eigenvalue weighted by molar-refractivity contribution is 6.17. The number of rotatable bonds is 4. The summed E-state index contributed by atoms with van der Waals surface area (Å²) < 4.78 is 7.36. The molecule has 0 N–H and O–H groups in total. The third kappa shape index (κ3) is 2.99. The lowest BCUT2D eigenvalue weighted by atomic mass is 10.2. The first-order valence-electron chi connectivity index (χ1n) is 6.17. The van der Waals surface area contributed by atoms with Crippen LogP contribution in [0.25, 0.3) is 5.69 Å². The molecular weight excluding hydrogens is 262 g/mol. The molecule has 0 unspecified atom stereocenters. The molecule has 0 fully saturated rings. The fourth-order valence-corrected chi connectivity index (χ4v) is 2.12. The van der Waals surface area contributed by atoms with E-state index in [1.54, 1.807) is 12.3 Å². The van der Waals surface area contributed by atoms with Crippen LogP contribution in [0.4, 0.5) is 0 Å². The van der Waals surface area contributed by atoms with Gasteiger partial charge in [-0.1, -0.05) is 0 Å². The van der Waals surface area contributed by atoms with Gasteiger partial charge in [0.05, 0.1) is 12.5 Å².